The molecule has 120 valence electrons. The minimum absolute atomic E-state index is 0.206. The normalized spacial score (nSPS) is 10.4. The third-order valence-corrected chi connectivity index (χ3v) is 3.39. The fraction of sp³-hybridized carbons (Fsp3) is 0.0588. The average Bonchev–Trinajstić information content (AvgIpc) is 3.05. The van der Waals surface area contributed by atoms with E-state index >= 15 is 0 Å². The molecule has 0 atom stereocenters. The van der Waals surface area contributed by atoms with Gasteiger partial charge in [0.25, 0.3) is 11.8 Å². The first-order chi connectivity index (χ1) is 11.5. The molecule has 0 spiro atoms. The van der Waals surface area contributed by atoms with Gasteiger partial charge in [0.15, 0.2) is 0 Å². The van der Waals surface area contributed by atoms with E-state index < -0.39 is 11.8 Å². The van der Waals surface area contributed by atoms with Crippen molar-refractivity contribution >= 4 is 17.5 Å². The Morgan fingerprint density at radius 1 is 1.12 bits per heavy atom. The molecule has 0 saturated carbocycles. The molecule has 0 bridgehead atoms. The quantitative estimate of drug-likeness (QED) is 0.766. The third kappa shape index (κ3) is 3.14. The van der Waals surface area contributed by atoms with E-state index in [1.807, 2.05) is 25.1 Å². The second kappa shape index (κ2) is 6.33. The molecule has 0 fully saturated rings. The van der Waals surface area contributed by atoms with Crippen molar-refractivity contribution in [1.82, 2.24) is 14.5 Å². The first-order valence-corrected chi connectivity index (χ1v) is 7.23. The highest BCUT2D eigenvalue weighted by Crippen LogP contribution is 2.15. The molecule has 24 heavy (non-hydrogen) atoms. The van der Waals surface area contributed by atoms with Gasteiger partial charge in [-0.3, -0.25) is 14.2 Å². The number of nitrogens with two attached hydrogens (primary N) is 1. The van der Waals surface area contributed by atoms with E-state index in [2.05, 4.69) is 15.3 Å². The highest BCUT2D eigenvalue weighted by atomic mass is 16.2. The van der Waals surface area contributed by atoms with Crippen LogP contribution in [0.4, 0.5) is 5.69 Å². The largest absolute Gasteiger partial charge is 0.366 e. The van der Waals surface area contributed by atoms with E-state index in [0.29, 0.717) is 11.5 Å². The van der Waals surface area contributed by atoms with Gasteiger partial charge in [-0.05, 0) is 31.2 Å². The lowest BCUT2D eigenvalue weighted by molar-refractivity contribution is 0.100. The SMILES string of the molecule is Cc1cccc(-n2cnc(C(=O)Nc3ccccc3C(N)=O)c2)n1. The van der Waals surface area contributed by atoms with E-state index in [1.165, 1.54) is 6.33 Å². The van der Waals surface area contributed by atoms with Gasteiger partial charge < -0.3 is 11.1 Å². The number of primary amides is 1. The van der Waals surface area contributed by atoms with Crippen LogP contribution in [0.1, 0.15) is 26.5 Å². The van der Waals surface area contributed by atoms with Crippen LogP contribution in [0, 0.1) is 6.92 Å². The van der Waals surface area contributed by atoms with Crippen molar-refractivity contribution in [3.8, 4) is 5.82 Å². The first-order valence-electron chi connectivity index (χ1n) is 7.23. The van der Waals surface area contributed by atoms with E-state index in [1.54, 1.807) is 35.0 Å². The number of rotatable bonds is 4. The standard InChI is InChI=1S/C17H15N5O2/c1-11-5-4-8-15(20-11)22-9-14(19-10-22)17(24)21-13-7-3-2-6-12(13)16(18)23/h2-10H,1H3,(H2,18,23)(H,21,24). The van der Waals surface area contributed by atoms with Crippen molar-refractivity contribution in [2.24, 2.45) is 5.73 Å². The Hall–Kier alpha value is -3.48. The summed E-state index contributed by atoms with van der Waals surface area (Å²) in [6, 6.07) is 12.1. The van der Waals surface area contributed by atoms with Crippen LogP contribution in [0.3, 0.4) is 0 Å². The number of hydrogen-bond acceptors (Lipinski definition) is 4. The van der Waals surface area contributed by atoms with Crippen LogP contribution in [0.15, 0.2) is 55.0 Å². The second-order valence-electron chi connectivity index (χ2n) is 5.17. The molecule has 2 amide bonds. The van der Waals surface area contributed by atoms with Crippen molar-refractivity contribution in [1.29, 1.82) is 0 Å². The van der Waals surface area contributed by atoms with Crippen LogP contribution >= 0.6 is 0 Å². The van der Waals surface area contributed by atoms with Gasteiger partial charge in [-0.25, -0.2) is 9.97 Å². The minimum Gasteiger partial charge on any atom is -0.366 e. The zero-order chi connectivity index (χ0) is 17.1. The van der Waals surface area contributed by atoms with Crippen molar-refractivity contribution in [2.75, 3.05) is 5.32 Å². The third-order valence-electron chi connectivity index (χ3n) is 3.39. The monoisotopic (exact) mass is 321 g/mol. The Balaban J connectivity index is 1.83. The summed E-state index contributed by atoms with van der Waals surface area (Å²) < 4.78 is 1.65. The molecule has 7 nitrogen and oxygen atoms in total. The number of anilines is 1. The van der Waals surface area contributed by atoms with Crippen LogP contribution < -0.4 is 11.1 Å². The molecule has 2 heterocycles. The Morgan fingerprint density at radius 3 is 2.67 bits per heavy atom. The number of nitrogens with one attached hydrogen (secondary N) is 1. The lowest BCUT2D eigenvalue weighted by Crippen LogP contribution is -2.18. The van der Waals surface area contributed by atoms with Gasteiger partial charge in [-0.1, -0.05) is 18.2 Å². The topological polar surface area (TPSA) is 103 Å². The van der Waals surface area contributed by atoms with Gasteiger partial charge >= 0.3 is 0 Å². The molecule has 3 rings (SSSR count). The average molecular weight is 321 g/mol. The van der Waals surface area contributed by atoms with Crippen molar-refractivity contribution < 1.29 is 9.59 Å². The number of aryl methyl sites for hydroxylation is 1. The molecule has 0 aliphatic carbocycles. The number of benzene rings is 1. The number of amides is 2. The number of carbonyl (C=O) groups excluding carboxylic acids is 2. The molecule has 3 aromatic rings. The summed E-state index contributed by atoms with van der Waals surface area (Å²) in [5, 5.41) is 2.65. The summed E-state index contributed by atoms with van der Waals surface area (Å²) in [5.74, 6) is -0.380. The summed E-state index contributed by atoms with van der Waals surface area (Å²) in [5.41, 5.74) is 6.96. The summed E-state index contributed by atoms with van der Waals surface area (Å²) in [6.07, 6.45) is 3.08. The number of hydrogen-bond donors (Lipinski definition) is 2. The molecule has 7 heteroatoms. The Morgan fingerprint density at radius 2 is 1.92 bits per heavy atom. The van der Waals surface area contributed by atoms with Gasteiger partial charge in [-0.2, -0.15) is 0 Å². The lowest BCUT2D eigenvalue weighted by atomic mass is 10.1. The zero-order valence-electron chi connectivity index (χ0n) is 12.9. The zero-order valence-corrected chi connectivity index (χ0v) is 12.9. The molecule has 0 saturated heterocycles. The highest BCUT2D eigenvalue weighted by molar-refractivity contribution is 6.07. The predicted octanol–water partition coefficient (Wildman–Crippen LogP) is 1.93. The maximum Gasteiger partial charge on any atom is 0.275 e. The lowest BCUT2D eigenvalue weighted by Gasteiger charge is -2.07. The van der Waals surface area contributed by atoms with Crippen LogP contribution in [-0.4, -0.2) is 26.3 Å². The maximum atomic E-state index is 12.3. The van der Waals surface area contributed by atoms with E-state index in [9.17, 15) is 9.59 Å². The fourth-order valence-electron chi connectivity index (χ4n) is 2.23. The van der Waals surface area contributed by atoms with Crippen LogP contribution in [0.25, 0.3) is 5.82 Å². The van der Waals surface area contributed by atoms with E-state index in [4.69, 9.17) is 5.73 Å². The summed E-state index contributed by atoms with van der Waals surface area (Å²) in [6.45, 7) is 1.88. The van der Waals surface area contributed by atoms with Gasteiger partial charge in [0.1, 0.15) is 17.8 Å². The van der Waals surface area contributed by atoms with Crippen molar-refractivity contribution in [3.05, 3.63) is 71.9 Å². The first kappa shape index (κ1) is 15.4. The van der Waals surface area contributed by atoms with Crippen LogP contribution in [0.5, 0.6) is 0 Å². The molecule has 0 aliphatic rings. The number of nitrogens with zero attached hydrogens (tertiary/aromatic N) is 3. The predicted molar refractivity (Wildman–Crippen MR) is 89.0 cm³/mol. The number of pyridine rings is 1. The maximum absolute atomic E-state index is 12.3. The Bertz CT molecular complexity index is 917. The number of para-hydroxylation sites is 1. The highest BCUT2D eigenvalue weighted by Gasteiger charge is 2.14. The summed E-state index contributed by atoms with van der Waals surface area (Å²) >= 11 is 0. The van der Waals surface area contributed by atoms with E-state index in [0.717, 1.165) is 5.69 Å². The van der Waals surface area contributed by atoms with Gasteiger partial charge in [-0.15, -0.1) is 0 Å². The summed E-state index contributed by atoms with van der Waals surface area (Å²) in [7, 11) is 0. The molecule has 2 aromatic heterocycles. The number of aromatic nitrogens is 3. The van der Waals surface area contributed by atoms with Crippen molar-refractivity contribution in [3.63, 3.8) is 0 Å². The Labute approximate surface area is 138 Å². The Kier molecular flexibility index (Phi) is 4.07. The fourth-order valence-corrected chi connectivity index (χ4v) is 2.23. The molecule has 1 aromatic carbocycles. The number of imidazole rings is 1. The molecular weight excluding hydrogens is 306 g/mol. The van der Waals surface area contributed by atoms with E-state index in [-0.39, 0.29) is 11.3 Å². The number of carbonyl (C=O) groups is 2. The van der Waals surface area contributed by atoms with Gasteiger partial charge in [0.05, 0.1) is 11.3 Å². The molecule has 0 radical (unpaired) electrons. The molecule has 0 aliphatic heterocycles. The minimum atomic E-state index is -0.611. The summed E-state index contributed by atoms with van der Waals surface area (Å²) in [4.78, 5) is 32.2. The van der Waals surface area contributed by atoms with Crippen molar-refractivity contribution in [2.45, 2.75) is 6.92 Å². The van der Waals surface area contributed by atoms with Gasteiger partial charge in [0, 0.05) is 11.9 Å². The molecule has 3 N–H and O–H groups in total. The second-order valence-corrected chi connectivity index (χ2v) is 5.17. The van der Waals surface area contributed by atoms with Crippen LogP contribution in [-0.2, 0) is 0 Å². The molecular formula is C17H15N5O2. The van der Waals surface area contributed by atoms with Crippen LogP contribution in [0.2, 0.25) is 0 Å². The smallest absolute Gasteiger partial charge is 0.275 e. The molecule has 0 unspecified atom stereocenters. The van der Waals surface area contributed by atoms with Gasteiger partial charge in [0.2, 0.25) is 0 Å².